The number of carbonyl (C=O) groups excluding carboxylic acids is 2. The van der Waals surface area contributed by atoms with Crippen LogP contribution in [0.25, 0.3) is 11.0 Å². The van der Waals surface area contributed by atoms with Crippen LogP contribution in [-0.2, 0) is 9.59 Å². The first kappa shape index (κ1) is 14.0. The Hall–Kier alpha value is -2.66. The number of hydrogen-bond donors (Lipinski definition) is 0. The minimum absolute atomic E-state index is 0.102. The standard InChI is InChI=1S/C17H12ClN3O2/c18-11-5-1-3-7-13(11)21-16(22)9-15(17(21)23)20-10-19-12-6-2-4-8-14(12)20/h1-8,10,15H,9H2/t15-/m0/s1. The van der Waals surface area contributed by atoms with Gasteiger partial charge in [-0.25, -0.2) is 9.88 Å². The van der Waals surface area contributed by atoms with Gasteiger partial charge in [-0.05, 0) is 24.3 Å². The summed E-state index contributed by atoms with van der Waals surface area (Å²) in [6.07, 6.45) is 1.71. The number of benzene rings is 2. The Bertz CT molecular complexity index is 934. The smallest absolute Gasteiger partial charge is 0.257 e. The van der Waals surface area contributed by atoms with Gasteiger partial charge >= 0.3 is 0 Å². The van der Waals surface area contributed by atoms with Gasteiger partial charge in [0.25, 0.3) is 5.91 Å². The average Bonchev–Trinajstić information content (AvgIpc) is 3.09. The second-order valence-corrected chi connectivity index (χ2v) is 5.79. The Labute approximate surface area is 137 Å². The highest BCUT2D eigenvalue weighted by Gasteiger charge is 2.41. The highest BCUT2D eigenvalue weighted by Crippen LogP contribution is 2.34. The molecule has 1 aromatic heterocycles. The van der Waals surface area contributed by atoms with Crippen molar-refractivity contribution in [3.05, 3.63) is 59.9 Å². The molecule has 6 heteroatoms. The van der Waals surface area contributed by atoms with E-state index in [2.05, 4.69) is 4.98 Å². The Kier molecular flexibility index (Phi) is 3.16. The number of fused-ring (bicyclic) bond motifs is 1. The maximum absolute atomic E-state index is 12.8. The molecule has 0 spiro atoms. The molecular formula is C17H12ClN3O2. The van der Waals surface area contributed by atoms with E-state index in [1.165, 1.54) is 4.90 Å². The van der Waals surface area contributed by atoms with E-state index in [0.29, 0.717) is 10.7 Å². The minimum Gasteiger partial charge on any atom is -0.317 e. The lowest BCUT2D eigenvalue weighted by Gasteiger charge is -2.17. The SMILES string of the molecule is O=C1C[C@H](n2cnc3ccccc32)C(=O)N1c1ccccc1Cl. The Morgan fingerprint density at radius 3 is 2.61 bits per heavy atom. The molecule has 0 unspecified atom stereocenters. The molecule has 23 heavy (non-hydrogen) atoms. The number of nitrogens with zero attached hydrogens (tertiary/aromatic N) is 3. The number of hydrogen-bond acceptors (Lipinski definition) is 3. The lowest BCUT2D eigenvalue weighted by atomic mass is 10.2. The first-order valence-corrected chi connectivity index (χ1v) is 7.57. The van der Waals surface area contributed by atoms with E-state index >= 15 is 0 Å². The van der Waals surface area contributed by atoms with Crippen molar-refractivity contribution in [1.29, 1.82) is 0 Å². The molecule has 114 valence electrons. The van der Waals surface area contributed by atoms with Crippen molar-refractivity contribution >= 4 is 40.1 Å². The lowest BCUT2D eigenvalue weighted by molar-refractivity contribution is -0.122. The van der Waals surface area contributed by atoms with Gasteiger partial charge in [-0.2, -0.15) is 0 Å². The molecule has 0 bridgehead atoms. The summed E-state index contributed by atoms with van der Waals surface area (Å²) in [6.45, 7) is 0. The number of aromatic nitrogens is 2. The first-order chi connectivity index (χ1) is 11.2. The Morgan fingerprint density at radius 1 is 1.04 bits per heavy atom. The summed E-state index contributed by atoms with van der Waals surface area (Å²) < 4.78 is 1.76. The molecule has 4 rings (SSSR count). The van der Waals surface area contributed by atoms with E-state index < -0.39 is 6.04 Å². The Balaban J connectivity index is 1.77. The fourth-order valence-corrected chi connectivity index (χ4v) is 3.17. The number of amides is 2. The number of anilines is 1. The summed E-state index contributed by atoms with van der Waals surface area (Å²) in [7, 11) is 0. The van der Waals surface area contributed by atoms with E-state index in [1.807, 2.05) is 24.3 Å². The summed E-state index contributed by atoms with van der Waals surface area (Å²) in [5.74, 6) is -0.544. The zero-order chi connectivity index (χ0) is 16.0. The number of para-hydroxylation sites is 3. The van der Waals surface area contributed by atoms with Crippen LogP contribution in [0.4, 0.5) is 5.69 Å². The van der Waals surface area contributed by atoms with Gasteiger partial charge in [0, 0.05) is 0 Å². The van der Waals surface area contributed by atoms with Gasteiger partial charge in [-0.3, -0.25) is 9.59 Å². The minimum atomic E-state index is -0.592. The van der Waals surface area contributed by atoms with E-state index in [0.717, 1.165) is 11.0 Å². The van der Waals surface area contributed by atoms with Gasteiger partial charge in [0.1, 0.15) is 6.04 Å². The summed E-state index contributed by atoms with van der Waals surface area (Å²) in [5.41, 5.74) is 2.06. The van der Waals surface area contributed by atoms with Gasteiger partial charge in [-0.1, -0.05) is 35.9 Å². The summed E-state index contributed by atoms with van der Waals surface area (Å²) in [6, 6.07) is 13.8. The molecule has 2 aromatic carbocycles. The van der Waals surface area contributed by atoms with Gasteiger partial charge < -0.3 is 4.57 Å². The van der Waals surface area contributed by atoms with Crippen LogP contribution in [0.2, 0.25) is 5.02 Å². The van der Waals surface area contributed by atoms with E-state index in [1.54, 1.807) is 35.2 Å². The largest absolute Gasteiger partial charge is 0.317 e. The van der Waals surface area contributed by atoms with Gasteiger partial charge in [0.15, 0.2) is 0 Å². The number of rotatable bonds is 2. The third kappa shape index (κ3) is 2.12. The molecule has 3 aromatic rings. The van der Waals surface area contributed by atoms with Crippen LogP contribution >= 0.6 is 11.6 Å². The van der Waals surface area contributed by atoms with Crippen LogP contribution < -0.4 is 4.90 Å². The van der Waals surface area contributed by atoms with Crippen molar-refractivity contribution < 1.29 is 9.59 Å². The lowest BCUT2D eigenvalue weighted by Crippen LogP contribution is -2.31. The van der Waals surface area contributed by atoms with Crippen LogP contribution in [0.3, 0.4) is 0 Å². The van der Waals surface area contributed by atoms with Crippen molar-refractivity contribution in [3.8, 4) is 0 Å². The zero-order valence-corrected chi connectivity index (χ0v) is 12.8. The van der Waals surface area contributed by atoms with Gasteiger partial charge in [0.2, 0.25) is 5.91 Å². The van der Waals surface area contributed by atoms with Crippen LogP contribution in [0.1, 0.15) is 12.5 Å². The predicted molar refractivity (Wildman–Crippen MR) is 87.3 cm³/mol. The van der Waals surface area contributed by atoms with E-state index in [-0.39, 0.29) is 18.2 Å². The van der Waals surface area contributed by atoms with Crippen molar-refractivity contribution in [2.24, 2.45) is 0 Å². The summed E-state index contributed by atoms with van der Waals surface area (Å²) >= 11 is 6.14. The van der Waals surface area contributed by atoms with Crippen LogP contribution in [0, 0.1) is 0 Å². The van der Waals surface area contributed by atoms with Crippen molar-refractivity contribution in [3.63, 3.8) is 0 Å². The highest BCUT2D eigenvalue weighted by atomic mass is 35.5. The third-order valence-corrected chi connectivity index (χ3v) is 4.35. The quantitative estimate of drug-likeness (QED) is 0.680. The van der Waals surface area contributed by atoms with Crippen molar-refractivity contribution in [2.45, 2.75) is 12.5 Å². The van der Waals surface area contributed by atoms with Crippen molar-refractivity contribution in [1.82, 2.24) is 9.55 Å². The van der Waals surface area contributed by atoms with Gasteiger partial charge in [-0.15, -0.1) is 0 Å². The van der Waals surface area contributed by atoms with Gasteiger partial charge in [0.05, 0.1) is 34.5 Å². The van der Waals surface area contributed by atoms with Crippen LogP contribution in [0.15, 0.2) is 54.9 Å². The zero-order valence-electron chi connectivity index (χ0n) is 12.0. The molecule has 0 N–H and O–H groups in total. The molecule has 5 nitrogen and oxygen atoms in total. The molecule has 1 atom stereocenters. The maximum Gasteiger partial charge on any atom is 0.257 e. The van der Waals surface area contributed by atoms with E-state index in [4.69, 9.17) is 11.6 Å². The van der Waals surface area contributed by atoms with E-state index in [9.17, 15) is 9.59 Å². The van der Waals surface area contributed by atoms with Crippen LogP contribution in [-0.4, -0.2) is 21.4 Å². The molecule has 1 saturated heterocycles. The number of imidazole rings is 1. The second-order valence-electron chi connectivity index (χ2n) is 5.38. The summed E-state index contributed by atoms with van der Waals surface area (Å²) in [5, 5.41) is 0.380. The van der Waals surface area contributed by atoms with Crippen molar-refractivity contribution in [2.75, 3.05) is 4.90 Å². The Morgan fingerprint density at radius 2 is 1.78 bits per heavy atom. The molecule has 1 aliphatic rings. The number of carbonyl (C=O) groups is 2. The molecule has 2 amide bonds. The molecule has 2 heterocycles. The molecule has 0 radical (unpaired) electrons. The fourth-order valence-electron chi connectivity index (χ4n) is 2.95. The monoisotopic (exact) mass is 325 g/mol. The normalized spacial score (nSPS) is 18.1. The third-order valence-electron chi connectivity index (χ3n) is 4.03. The molecule has 0 saturated carbocycles. The fraction of sp³-hybridized carbons (Fsp3) is 0.118. The summed E-state index contributed by atoms with van der Waals surface area (Å²) in [4.78, 5) is 30.7. The average molecular weight is 326 g/mol. The second kappa shape index (κ2) is 5.21. The molecule has 0 aliphatic carbocycles. The maximum atomic E-state index is 12.8. The predicted octanol–water partition coefficient (Wildman–Crippen LogP) is 3.19. The number of imide groups is 1. The first-order valence-electron chi connectivity index (χ1n) is 7.20. The topological polar surface area (TPSA) is 55.2 Å². The van der Waals surface area contributed by atoms with Crippen LogP contribution in [0.5, 0.6) is 0 Å². The molecular weight excluding hydrogens is 314 g/mol. The molecule has 1 aliphatic heterocycles. The highest BCUT2D eigenvalue weighted by molar-refractivity contribution is 6.36. The molecule has 1 fully saturated rings. The number of halogens is 1.